The van der Waals surface area contributed by atoms with Crippen molar-refractivity contribution in [2.24, 2.45) is 0 Å². The maximum atomic E-state index is 13.0. The minimum atomic E-state index is -4.08. The van der Waals surface area contributed by atoms with Crippen molar-refractivity contribution in [3.63, 3.8) is 0 Å². The van der Waals surface area contributed by atoms with Gasteiger partial charge in [-0.3, -0.25) is 0 Å². The van der Waals surface area contributed by atoms with Gasteiger partial charge in [-0.15, -0.1) is 0 Å². The molecule has 146 valence electrons. The highest BCUT2D eigenvalue weighted by atomic mass is 32.2. The molecule has 0 unspecified atom stereocenters. The number of nitrogens with one attached hydrogen (secondary N) is 1. The maximum absolute atomic E-state index is 13.0. The smallest absolute Gasteiger partial charge is 0.241 e. The number of rotatable bonds is 7. The number of fused-ring (bicyclic) bond motifs is 1. The Morgan fingerprint density at radius 1 is 0.964 bits per heavy atom. The lowest BCUT2D eigenvalue weighted by Gasteiger charge is -2.21. The highest BCUT2D eigenvalue weighted by Gasteiger charge is 2.23. The van der Waals surface area contributed by atoms with Crippen LogP contribution in [0.15, 0.2) is 71.6 Å². The van der Waals surface area contributed by atoms with Gasteiger partial charge in [0.1, 0.15) is 0 Å². The molecule has 3 rings (SSSR count). The molecule has 0 heterocycles. The number of benzene rings is 3. The van der Waals surface area contributed by atoms with Crippen molar-refractivity contribution in [3.05, 3.63) is 72.3 Å². The van der Waals surface area contributed by atoms with Crippen molar-refractivity contribution in [2.75, 3.05) is 19.0 Å². The van der Waals surface area contributed by atoms with Crippen molar-refractivity contribution >= 4 is 32.5 Å². The fourth-order valence-electron chi connectivity index (χ4n) is 3.16. The molecule has 0 saturated carbocycles. The molecule has 7 heteroatoms. The second-order valence-corrected chi connectivity index (χ2v) is 8.39. The Hall–Kier alpha value is -2.90. The predicted octanol–water partition coefficient (Wildman–Crippen LogP) is 1.55. The number of aliphatic carboxylic acids is 1. The van der Waals surface area contributed by atoms with Crippen molar-refractivity contribution in [1.29, 1.82) is 0 Å². The third kappa shape index (κ3) is 4.16. The average molecular weight is 397 g/mol. The molecule has 0 radical (unpaired) electrons. The lowest BCUT2D eigenvalue weighted by atomic mass is 10.1. The Morgan fingerprint density at radius 2 is 1.61 bits per heavy atom. The zero-order valence-corrected chi connectivity index (χ0v) is 16.4. The Labute approximate surface area is 164 Å². The van der Waals surface area contributed by atoms with Gasteiger partial charge in [-0.1, -0.05) is 54.6 Å². The van der Waals surface area contributed by atoms with Crippen LogP contribution in [0.4, 0.5) is 5.69 Å². The van der Waals surface area contributed by atoms with Crippen LogP contribution in [0.3, 0.4) is 0 Å². The van der Waals surface area contributed by atoms with Gasteiger partial charge in [0.2, 0.25) is 10.0 Å². The van der Waals surface area contributed by atoms with E-state index < -0.39 is 22.0 Å². The van der Waals surface area contributed by atoms with Gasteiger partial charge >= 0.3 is 0 Å². The van der Waals surface area contributed by atoms with Gasteiger partial charge in [-0.25, -0.2) is 13.1 Å². The summed E-state index contributed by atoms with van der Waals surface area (Å²) in [6.45, 7) is 0. The normalized spacial score (nSPS) is 12.6. The van der Waals surface area contributed by atoms with Crippen LogP contribution < -0.4 is 14.7 Å². The van der Waals surface area contributed by atoms with Crippen LogP contribution in [-0.2, 0) is 21.2 Å². The fourth-order valence-corrected chi connectivity index (χ4v) is 4.57. The van der Waals surface area contributed by atoms with Gasteiger partial charge < -0.3 is 14.8 Å². The predicted molar refractivity (Wildman–Crippen MR) is 108 cm³/mol. The molecular weight excluding hydrogens is 376 g/mol. The zero-order chi connectivity index (χ0) is 20.3. The van der Waals surface area contributed by atoms with E-state index in [0.29, 0.717) is 10.9 Å². The number of anilines is 1. The summed E-state index contributed by atoms with van der Waals surface area (Å²) in [5.41, 5.74) is 1.57. The Kier molecular flexibility index (Phi) is 5.67. The summed E-state index contributed by atoms with van der Waals surface area (Å²) in [5, 5.41) is 12.9. The summed E-state index contributed by atoms with van der Waals surface area (Å²) in [6, 6.07) is 17.8. The Balaban J connectivity index is 2.00. The highest BCUT2D eigenvalue weighted by molar-refractivity contribution is 7.89. The molecule has 3 aromatic carbocycles. The summed E-state index contributed by atoms with van der Waals surface area (Å²) < 4.78 is 28.3. The molecule has 1 N–H and O–H groups in total. The van der Waals surface area contributed by atoms with Crippen LogP contribution in [0.5, 0.6) is 0 Å². The first-order valence-corrected chi connectivity index (χ1v) is 10.2. The molecule has 0 spiro atoms. The molecule has 0 aliphatic heterocycles. The molecule has 0 aliphatic carbocycles. The van der Waals surface area contributed by atoms with E-state index in [0.717, 1.165) is 11.1 Å². The Morgan fingerprint density at radius 3 is 2.25 bits per heavy atom. The number of carboxylic acid groups (broad SMARTS) is 1. The summed E-state index contributed by atoms with van der Waals surface area (Å²) in [6.07, 6.45) is -0.00385. The van der Waals surface area contributed by atoms with Gasteiger partial charge in [0.15, 0.2) is 0 Å². The quantitative estimate of drug-likeness (QED) is 0.653. The number of carboxylic acids is 1. The van der Waals surface area contributed by atoms with E-state index in [1.165, 1.54) is 6.07 Å². The molecule has 0 aromatic heterocycles. The van der Waals surface area contributed by atoms with Crippen molar-refractivity contribution in [3.8, 4) is 0 Å². The molecule has 0 fully saturated rings. The van der Waals surface area contributed by atoms with E-state index in [1.807, 2.05) is 31.1 Å². The molecule has 6 nitrogen and oxygen atoms in total. The Bertz CT molecular complexity index is 1100. The van der Waals surface area contributed by atoms with Crippen LogP contribution in [0.1, 0.15) is 5.56 Å². The van der Waals surface area contributed by atoms with E-state index in [9.17, 15) is 18.3 Å². The van der Waals surface area contributed by atoms with Crippen molar-refractivity contribution in [2.45, 2.75) is 17.4 Å². The summed E-state index contributed by atoms with van der Waals surface area (Å²) >= 11 is 0. The van der Waals surface area contributed by atoms with E-state index in [1.54, 1.807) is 48.5 Å². The lowest BCUT2D eigenvalue weighted by molar-refractivity contribution is -0.307. The molecule has 0 bridgehead atoms. The van der Waals surface area contributed by atoms with Gasteiger partial charge in [-0.2, -0.15) is 0 Å². The second kappa shape index (κ2) is 8.00. The SMILES string of the molecule is CN(C)c1cccc2c(S(=O)(=O)N[C@@H](Cc3ccccc3)C(=O)[O-])cccc12. The van der Waals surface area contributed by atoms with Crippen molar-refractivity contribution < 1.29 is 18.3 Å². The monoisotopic (exact) mass is 397 g/mol. The molecular formula is C21H21N2O4S-. The highest BCUT2D eigenvalue weighted by Crippen LogP contribution is 2.30. The van der Waals surface area contributed by atoms with Crippen LogP contribution in [-0.4, -0.2) is 34.5 Å². The first-order chi connectivity index (χ1) is 13.3. The maximum Gasteiger partial charge on any atom is 0.241 e. The summed E-state index contributed by atoms with van der Waals surface area (Å²) in [7, 11) is -0.333. The number of sulfonamides is 1. The minimum Gasteiger partial charge on any atom is -0.548 e. The molecule has 0 amide bonds. The largest absolute Gasteiger partial charge is 0.548 e. The molecule has 1 atom stereocenters. The van der Waals surface area contributed by atoms with Crippen LogP contribution in [0, 0.1) is 0 Å². The van der Waals surface area contributed by atoms with E-state index in [4.69, 9.17) is 0 Å². The number of hydrogen-bond acceptors (Lipinski definition) is 5. The van der Waals surface area contributed by atoms with Crippen LogP contribution >= 0.6 is 0 Å². The number of hydrogen-bond donors (Lipinski definition) is 1. The average Bonchev–Trinajstić information content (AvgIpc) is 2.67. The van der Waals surface area contributed by atoms with Crippen LogP contribution in [0.25, 0.3) is 10.8 Å². The van der Waals surface area contributed by atoms with Crippen LogP contribution in [0.2, 0.25) is 0 Å². The molecule has 0 aliphatic rings. The number of carbonyl (C=O) groups excluding carboxylic acids is 1. The first-order valence-electron chi connectivity index (χ1n) is 8.76. The third-order valence-electron chi connectivity index (χ3n) is 4.49. The van der Waals surface area contributed by atoms with E-state index in [2.05, 4.69) is 4.72 Å². The summed E-state index contributed by atoms with van der Waals surface area (Å²) in [5.74, 6) is -1.47. The standard InChI is InChI=1S/C21H22N2O4S/c1-23(2)19-12-6-11-17-16(19)10-7-13-20(17)28(26,27)22-18(21(24)25)14-15-8-4-3-5-9-15/h3-13,18,22H,14H2,1-2H3,(H,24,25)/p-1/t18-/m0/s1. The van der Waals surface area contributed by atoms with Gasteiger partial charge in [-0.05, 0) is 24.1 Å². The molecule has 28 heavy (non-hydrogen) atoms. The molecule has 0 saturated heterocycles. The lowest BCUT2D eigenvalue weighted by Crippen LogP contribution is -2.49. The molecule has 3 aromatic rings. The zero-order valence-electron chi connectivity index (χ0n) is 15.6. The number of carbonyl (C=O) groups is 1. The van der Waals surface area contributed by atoms with Crippen molar-refractivity contribution in [1.82, 2.24) is 4.72 Å². The number of nitrogens with zero attached hydrogens (tertiary/aromatic N) is 1. The third-order valence-corrected chi connectivity index (χ3v) is 6.02. The fraction of sp³-hybridized carbons (Fsp3) is 0.190. The summed E-state index contributed by atoms with van der Waals surface area (Å²) in [4.78, 5) is 13.5. The second-order valence-electron chi connectivity index (χ2n) is 6.71. The van der Waals surface area contributed by atoms with Gasteiger partial charge in [0.05, 0.1) is 16.9 Å². The van der Waals surface area contributed by atoms with E-state index >= 15 is 0 Å². The minimum absolute atomic E-state index is 0.00385. The van der Waals surface area contributed by atoms with Gasteiger partial charge in [0, 0.05) is 30.6 Å². The van der Waals surface area contributed by atoms with Gasteiger partial charge in [0.25, 0.3) is 0 Å². The topological polar surface area (TPSA) is 89.5 Å². The first kappa shape index (κ1) is 19.9. The van der Waals surface area contributed by atoms with E-state index in [-0.39, 0.29) is 11.3 Å².